The highest BCUT2D eigenvalue weighted by Gasteiger charge is 2.22. The Kier molecular flexibility index (Phi) is 5.96. The molecule has 0 radical (unpaired) electrons. The zero-order valence-corrected chi connectivity index (χ0v) is 13.8. The molecule has 112 valence electrons. The van der Waals surface area contributed by atoms with Crippen molar-refractivity contribution in [3.8, 4) is 0 Å². The molecule has 0 aromatic heterocycles. The van der Waals surface area contributed by atoms with E-state index >= 15 is 0 Å². The second-order valence-electron chi connectivity index (χ2n) is 4.05. The van der Waals surface area contributed by atoms with E-state index in [0.717, 1.165) is 6.07 Å². The van der Waals surface area contributed by atoms with Crippen LogP contribution in [0.3, 0.4) is 0 Å². The Labute approximate surface area is 130 Å². The molecule has 1 aromatic rings. The average Bonchev–Trinajstić information content (AvgIpc) is 2.31. The van der Waals surface area contributed by atoms with E-state index in [1.54, 1.807) is 6.92 Å². The highest BCUT2D eigenvalue weighted by molar-refractivity contribution is 9.10. The summed E-state index contributed by atoms with van der Waals surface area (Å²) >= 11 is 8.85. The first-order chi connectivity index (χ1) is 9.19. The standard InChI is InChI=1S/C11H13BrClNO5S/c1-6(5-19-2)14-20(17,18)7-3-8(11(15)16)10(13)9(12)4-7/h3-4,6,14H,5H2,1-2H3,(H,15,16). The molecule has 0 aliphatic heterocycles. The molecule has 6 nitrogen and oxygen atoms in total. The van der Waals surface area contributed by atoms with Gasteiger partial charge in [0.1, 0.15) is 0 Å². The molecular weight excluding hydrogens is 374 g/mol. The van der Waals surface area contributed by atoms with E-state index in [2.05, 4.69) is 20.7 Å². The minimum atomic E-state index is -3.86. The zero-order chi connectivity index (χ0) is 15.5. The number of sulfonamides is 1. The van der Waals surface area contributed by atoms with E-state index in [4.69, 9.17) is 21.4 Å². The molecule has 1 aromatic carbocycles. The predicted molar refractivity (Wildman–Crippen MR) is 77.8 cm³/mol. The molecule has 0 saturated heterocycles. The molecular formula is C11H13BrClNO5S. The van der Waals surface area contributed by atoms with Crippen LogP contribution in [0.25, 0.3) is 0 Å². The van der Waals surface area contributed by atoms with E-state index in [1.165, 1.54) is 13.2 Å². The lowest BCUT2D eigenvalue weighted by atomic mass is 10.2. The number of ether oxygens (including phenoxy) is 1. The minimum absolute atomic E-state index is 0.0543. The van der Waals surface area contributed by atoms with Crippen molar-refractivity contribution in [2.24, 2.45) is 0 Å². The van der Waals surface area contributed by atoms with Crippen molar-refractivity contribution in [1.29, 1.82) is 0 Å². The maximum atomic E-state index is 12.1. The minimum Gasteiger partial charge on any atom is -0.478 e. The number of hydrogen-bond acceptors (Lipinski definition) is 4. The fraction of sp³-hybridized carbons (Fsp3) is 0.364. The third-order valence-electron chi connectivity index (χ3n) is 2.32. The Balaban J connectivity index is 3.22. The van der Waals surface area contributed by atoms with Gasteiger partial charge in [-0.3, -0.25) is 0 Å². The first-order valence-electron chi connectivity index (χ1n) is 5.42. The van der Waals surface area contributed by atoms with Crippen molar-refractivity contribution in [3.05, 3.63) is 27.2 Å². The molecule has 0 aliphatic carbocycles. The first-order valence-corrected chi connectivity index (χ1v) is 8.08. The summed E-state index contributed by atoms with van der Waals surface area (Å²) in [6.07, 6.45) is 0. The Bertz CT molecular complexity index is 619. The van der Waals surface area contributed by atoms with Gasteiger partial charge in [0.05, 0.1) is 22.1 Å². The fourth-order valence-electron chi connectivity index (χ4n) is 1.49. The maximum absolute atomic E-state index is 12.1. The Morgan fingerprint density at radius 3 is 2.65 bits per heavy atom. The molecule has 0 aliphatic rings. The monoisotopic (exact) mass is 385 g/mol. The summed E-state index contributed by atoms with van der Waals surface area (Å²) in [6.45, 7) is 1.82. The molecule has 2 N–H and O–H groups in total. The van der Waals surface area contributed by atoms with E-state index in [1.807, 2.05) is 0 Å². The van der Waals surface area contributed by atoms with Crippen LogP contribution in [0, 0.1) is 0 Å². The highest BCUT2D eigenvalue weighted by atomic mass is 79.9. The number of halogens is 2. The van der Waals surface area contributed by atoms with Crippen molar-refractivity contribution < 1.29 is 23.1 Å². The Morgan fingerprint density at radius 1 is 1.55 bits per heavy atom. The van der Waals surface area contributed by atoms with E-state index in [-0.39, 0.29) is 26.6 Å². The predicted octanol–water partition coefficient (Wildman–Crippen LogP) is 2.11. The van der Waals surface area contributed by atoms with Gasteiger partial charge in [-0.05, 0) is 35.0 Å². The maximum Gasteiger partial charge on any atom is 0.337 e. The van der Waals surface area contributed by atoms with E-state index in [0.29, 0.717) is 0 Å². The number of hydrogen-bond donors (Lipinski definition) is 2. The van der Waals surface area contributed by atoms with Crippen molar-refractivity contribution in [3.63, 3.8) is 0 Å². The summed E-state index contributed by atoms with van der Waals surface area (Å²) in [5, 5.41) is 8.95. The van der Waals surface area contributed by atoms with Crippen LogP contribution in [0.15, 0.2) is 21.5 Å². The van der Waals surface area contributed by atoms with Gasteiger partial charge in [-0.25, -0.2) is 17.9 Å². The molecule has 0 fully saturated rings. The SMILES string of the molecule is COCC(C)NS(=O)(=O)c1cc(Br)c(Cl)c(C(=O)O)c1. The quantitative estimate of drug-likeness (QED) is 0.781. The number of benzene rings is 1. The van der Waals surface area contributed by atoms with Crippen LogP contribution in [0.4, 0.5) is 0 Å². The second-order valence-corrected chi connectivity index (χ2v) is 7.00. The summed E-state index contributed by atoms with van der Waals surface area (Å²) < 4.78 is 31.7. The molecule has 20 heavy (non-hydrogen) atoms. The summed E-state index contributed by atoms with van der Waals surface area (Å²) in [5.74, 6) is -1.31. The third kappa shape index (κ3) is 4.16. The first kappa shape index (κ1) is 17.4. The van der Waals surface area contributed by atoms with Crippen LogP contribution in [0.5, 0.6) is 0 Å². The van der Waals surface area contributed by atoms with Crippen molar-refractivity contribution in [2.75, 3.05) is 13.7 Å². The second kappa shape index (κ2) is 6.86. The summed E-state index contributed by atoms with van der Waals surface area (Å²) in [6, 6.07) is 1.81. The molecule has 1 rings (SSSR count). The normalized spacial score (nSPS) is 13.2. The molecule has 0 spiro atoms. The molecule has 9 heteroatoms. The zero-order valence-electron chi connectivity index (χ0n) is 10.7. The van der Waals surface area contributed by atoms with Gasteiger partial charge in [0.15, 0.2) is 0 Å². The Morgan fingerprint density at radius 2 is 2.15 bits per heavy atom. The number of rotatable bonds is 6. The number of nitrogens with one attached hydrogen (secondary N) is 1. The van der Waals surface area contributed by atoms with Gasteiger partial charge in [-0.15, -0.1) is 0 Å². The summed E-state index contributed by atoms with van der Waals surface area (Å²) in [7, 11) is -2.41. The Hall–Kier alpha value is -0.670. The van der Waals surface area contributed by atoms with Gasteiger partial charge in [0.25, 0.3) is 0 Å². The smallest absolute Gasteiger partial charge is 0.337 e. The van der Waals surface area contributed by atoms with Crippen LogP contribution >= 0.6 is 27.5 Å². The van der Waals surface area contributed by atoms with Crippen LogP contribution in [-0.2, 0) is 14.8 Å². The average molecular weight is 387 g/mol. The van der Waals surface area contributed by atoms with Gasteiger partial charge in [-0.1, -0.05) is 11.6 Å². The number of methoxy groups -OCH3 is 1. The number of carbonyl (C=O) groups is 1. The topological polar surface area (TPSA) is 92.7 Å². The molecule has 0 heterocycles. The molecule has 0 amide bonds. The van der Waals surface area contributed by atoms with Crippen LogP contribution < -0.4 is 4.72 Å². The lowest BCUT2D eigenvalue weighted by Gasteiger charge is -2.14. The van der Waals surface area contributed by atoms with E-state index in [9.17, 15) is 13.2 Å². The number of carboxylic acid groups (broad SMARTS) is 1. The fourth-order valence-corrected chi connectivity index (χ4v) is 3.57. The third-order valence-corrected chi connectivity index (χ3v) is 5.15. The number of carboxylic acids is 1. The summed E-state index contributed by atoms with van der Waals surface area (Å²) in [4.78, 5) is 10.9. The van der Waals surface area contributed by atoms with Crippen molar-refractivity contribution >= 4 is 43.5 Å². The number of aromatic carboxylic acids is 1. The van der Waals surface area contributed by atoms with Gasteiger partial charge in [0, 0.05) is 17.6 Å². The summed E-state index contributed by atoms with van der Waals surface area (Å²) in [5.41, 5.74) is -0.291. The lowest BCUT2D eigenvalue weighted by molar-refractivity contribution is 0.0696. The lowest BCUT2D eigenvalue weighted by Crippen LogP contribution is -2.35. The van der Waals surface area contributed by atoms with Gasteiger partial charge >= 0.3 is 5.97 Å². The van der Waals surface area contributed by atoms with Crippen molar-refractivity contribution in [1.82, 2.24) is 4.72 Å². The largest absolute Gasteiger partial charge is 0.478 e. The van der Waals surface area contributed by atoms with Crippen LogP contribution in [0.2, 0.25) is 5.02 Å². The van der Waals surface area contributed by atoms with E-state index < -0.39 is 22.0 Å². The van der Waals surface area contributed by atoms with Gasteiger partial charge in [0.2, 0.25) is 10.0 Å². The molecule has 1 unspecified atom stereocenters. The van der Waals surface area contributed by atoms with Gasteiger partial charge in [-0.2, -0.15) is 0 Å². The van der Waals surface area contributed by atoms with Gasteiger partial charge < -0.3 is 9.84 Å². The van der Waals surface area contributed by atoms with Crippen LogP contribution in [0.1, 0.15) is 17.3 Å². The van der Waals surface area contributed by atoms with Crippen molar-refractivity contribution in [2.45, 2.75) is 17.9 Å². The highest BCUT2D eigenvalue weighted by Crippen LogP contribution is 2.30. The molecule has 1 atom stereocenters. The van der Waals surface area contributed by atoms with Crippen LogP contribution in [-0.4, -0.2) is 39.3 Å². The molecule has 0 bridgehead atoms. The molecule has 0 saturated carbocycles.